The molecule has 2 rings (SSSR count). The molecule has 0 spiro atoms. The van der Waals surface area contributed by atoms with E-state index in [9.17, 15) is 0 Å². The maximum absolute atomic E-state index is 8.90. The predicted octanol–water partition coefficient (Wildman–Crippen LogP) is 4.12. The summed E-state index contributed by atoms with van der Waals surface area (Å²) in [7, 11) is 0. The van der Waals surface area contributed by atoms with Gasteiger partial charge in [-0.3, -0.25) is 0 Å². The Hall–Kier alpha value is -1.69. The molecule has 0 bridgehead atoms. The first kappa shape index (κ1) is 15.7. The smallest absolute Gasteiger partial charge is 0.143 e. The lowest BCUT2D eigenvalue weighted by Gasteiger charge is -2.38. The topological polar surface area (TPSA) is 36.3 Å². The van der Waals surface area contributed by atoms with Crippen LogP contribution in [0.25, 0.3) is 0 Å². The Bertz CT molecular complexity index is 537. The van der Waals surface area contributed by atoms with E-state index < -0.39 is 0 Å². The molecule has 0 amide bonds. The van der Waals surface area contributed by atoms with E-state index in [2.05, 4.69) is 63.8 Å². The van der Waals surface area contributed by atoms with Crippen molar-refractivity contribution in [2.45, 2.75) is 52.6 Å². The Morgan fingerprint density at radius 3 is 2.67 bits per heavy atom. The number of hydrogen-bond acceptors (Lipinski definition) is 3. The van der Waals surface area contributed by atoms with Crippen LogP contribution in [0.2, 0.25) is 0 Å². The SMILES string of the molecule is CC(C)C1CN(CCC#N)c2cc(C(C)(C)C)ccc2O1. The quantitative estimate of drug-likeness (QED) is 0.838. The van der Waals surface area contributed by atoms with Crippen molar-refractivity contribution in [1.82, 2.24) is 0 Å². The van der Waals surface area contributed by atoms with Crippen LogP contribution in [0.1, 0.15) is 46.6 Å². The summed E-state index contributed by atoms with van der Waals surface area (Å²) in [5, 5.41) is 8.90. The average molecular weight is 286 g/mol. The van der Waals surface area contributed by atoms with Crippen LogP contribution in [0.5, 0.6) is 5.75 Å². The van der Waals surface area contributed by atoms with Gasteiger partial charge in [0.15, 0.2) is 0 Å². The van der Waals surface area contributed by atoms with Crippen molar-refractivity contribution in [3.8, 4) is 11.8 Å². The van der Waals surface area contributed by atoms with Gasteiger partial charge in [0.1, 0.15) is 11.9 Å². The van der Waals surface area contributed by atoms with Crippen molar-refractivity contribution < 1.29 is 4.74 Å². The third kappa shape index (κ3) is 3.50. The first-order chi connectivity index (χ1) is 9.82. The van der Waals surface area contributed by atoms with Crippen LogP contribution in [0, 0.1) is 17.2 Å². The Kier molecular flexibility index (Phi) is 4.46. The maximum atomic E-state index is 8.90. The van der Waals surface area contributed by atoms with Gasteiger partial charge in [0, 0.05) is 6.54 Å². The molecule has 0 aliphatic carbocycles. The molecular weight excluding hydrogens is 260 g/mol. The van der Waals surface area contributed by atoms with Gasteiger partial charge in [0.2, 0.25) is 0 Å². The molecule has 0 saturated heterocycles. The Morgan fingerprint density at radius 2 is 2.10 bits per heavy atom. The van der Waals surface area contributed by atoms with Crippen molar-refractivity contribution >= 4 is 5.69 Å². The summed E-state index contributed by atoms with van der Waals surface area (Å²) < 4.78 is 6.15. The van der Waals surface area contributed by atoms with Crippen LogP contribution >= 0.6 is 0 Å². The van der Waals surface area contributed by atoms with E-state index in [4.69, 9.17) is 10.00 Å². The average Bonchev–Trinajstić information content (AvgIpc) is 2.42. The summed E-state index contributed by atoms with van der Waals surface area (Å²) in [4.78, 5) is 2.31. The van der Waals surface area contributed by atoms with Gasteiger partial charge in [-0.15, -0.1) is 0 Å². The minimum Gasteiger partial charge on any atom is -0.486 e. The van der Waals surface area contributed by atoms with E-state index in [0.29, 0.717) is 12.3 Å². The van der Waals surface area contributed by atoms with Gasteiger partial charge in [-0.05, 0) is 29.0 Å². The molecule has 0 fully saturated rings. The molecule has 3 nitrogen and oxygen atoms in total. The Labute approximate surface area is 128 Å². The van der Waals surface area contributed by atoms with Gasteiger partial charge in [-0.25, -0.2) is 0 Å². The van der Waals surface area contributed by atoms with Crippen LogP contribution < -0.4 is 9.64 Å². The van der Waals surface area contributed by atoms with Gasteiger partial charge >= 0.3 is 0 Å². The summed E-state index contributed by atoms with van der Waals surface area (Å²) in [6, 6.07) is 8.72. The minimum absolute atomic E-state index is 0.116. The third-order valence-electron chi connectivity index (χ3n) is 4.08. The predicted molar refractivity (Wildman–Crippen MR) is 86.8 cm³/mol. The highest BCUT2D eigenvalue weighted by atomic mass is 16.5. The van der Waals surface area contributed by atoms with Gasteiger partial charge in [0.05, 0.1) is 24.7 Å². The number of ether oxygens (including phenoxy) is 1. The summed E-state index contributed by atoms with van der Waals surface area (Å²) >= 11 is 0. The minimum atomic E-state index is 0.116. The van der Waals surface area contributed by atoms with Crippen molar-refractivity contribution in [1.29, 1.82) is 5.26 Å². The highest BCUT2D eigenvalue weighted by molar-refractivity contribution is 5.62. The van der Waals surface area contributed by atoms with Crippen molar-refractivity contribution in [2.75, 3.05) is 18.0 Å². The Balaban J connectivity index is 2.37. The number of hydrogen-bond donors (Lipinski definition) is 0. The second-order valence-electron chi connectivity index (χ2n) is 7.19. The molecule has 0 saturated carbocycles. The summed E-state index contributed by atoms with van der Waals surface area (Å²) in [6.07, 6.45) is 0.737. The van der Waals surface area contributed by atoms with Gasteiger partial charge in [-0.2, -0.15) is 5.26 Å². The molecule has 3 heteroatoms. The number of nitrogens with zero attached hydrogens (tertiary/aromatic N) is 2. The van der Waals surface area contributed by atoms with Crippen LogP contribution in [-0.2, 0) is 5.41 Å². The zero-order valence-electron chi connectivity index (χ0n) is 13.8. The van der Waals surface area contributed by atoms with Gasteiger partial charge in [-0.1, -0.05) is 40.7 Å². The highest BCUT2D eigenvalue weighted by Gasteiger charge is 2.28. The molecule has 1 aromatic carbocycles. The van der Waals surface area contributed by atoms with E-state index in [0.717, 1.165) is 24.5 Å². The van der Waals surface area contributed by atoms with Gasteiger partial charge in [0.25, 0.3) is 0 Å². The number of rotatable bonds is 3. The second-order valence-corrected chi connectivity index (χ2v) is 7.19. The third-order valence-corrected chi connectivity index (χ3v) is 4.08. The van der Waals surface area contributed by atoms with Crippen LogP contribution in [-0.4, -0.2) is 19.2 Å². The molecule has 1 aliphatic heterocycles. The maximum Gasteiger partial charge on any atom is 0.143 e. The molecule has 0 radical (unpaired) electrons. The number of nitriles is 1. The molecule has 1 aromatic rings. The van der Waals surface area contributed by atoms with Crippen molar-refractivity contribution in [3.63, 3.8) is 0 Å². The zero-order valence-corrected chi connectivity index (χ0v) is 13.8. The van der Waals surface area contributed by atoms with Gasteiger partial charge < -0.3 is 9.64 Å². The molecule has 1 atom stereocenters. The summed E-state index contributed by atoms with van der Waals surface area (Å²) in [5.41, 5.74) is 2.55. The lowest BCUT2D eigenvalue weighted by molar-refractivity contribution is 0.145. The molecule has 21 heavy (non-hydrogen) atoms. The normalized spacial score (nSPS) is 18.1. The Morgan fingerprint density at radius 1 is 1.38 bits per heavy atom. The van der Waals surface area contributed by atoms with E-state index in [1.54, 1.807) is 0 Å². The number of fused-ring (bicyclic) bond motifs is 1. The lowest BCUT2D eigenvalue weighted by Crippen LogP contribution is -2.43. The van der Waals surface area contributed by atoms with E-state index in [1.807, 2.05) is 0 Å². The van der Waals surface area contributed by atoms with Crippen LogP contribution in [0.3, 0.4) is 0 Å². The van der Waals surface area contributed by atoms with E-state index in [-0.39, 0.29) is 11.5 Å². The fourth-order valence-corrected chi connectivity index (χ4v) is 2.59. The molecule has 1 heterocycles. The zero-order chi connectivity index (χ0) is 15.6. The van der Waals surface area contributed by atoms with Crippen LogP contribution in [0.4, 0.5) is 5.69 Å². The first-order valence-electron chi connectivity index (χ1n) is 7.76. The molecule has 1 aliphatic rings. The highest BCUT2D eigenvalue weighted by Crippen LogP contribution is 2.38. The largest absolute Gasteiger partial charge is 0.486 e. The lowest BCUT2D eigenvalue weighted by atomic mass is 9.86. The monoisotopic (exact) mass is 286 g/mol. The molecule has 114 valence electrons. The number of benzene rings is 1. The first-order valence-corrected chi connectivity index (χ1v) is 7.76. The van der Waals surface area contributed by atoms with E-state index >= 15 is 0 Å². The van der Waals surface area contributed by atoms with Crippen LogP contribution in [0.15, 0.2) is 18.2 Å². The fourth-order valence-electron chi connectivity index (χ4n) is 2.59. The fraction of sp³-hybridized carbons (Fsp3) is 0.611. The van der Waals surface area contributed by atoms with E-state index in [1.165, 1.54) is 5.56 Å². The summed E-state index contributed by atoms with van der Waals surface area (Å²) in [6.45, 7) is 12.6. The van der Waals surface area contributed by atoms with Crippen molar-refractivity contribution in [2.24, 2.45) is 5.92 Å². The second kappa shape index (κ2) is 5.97. The molecule has 1 unspecified atom stereocenters. The summed E-state index contributed by atoms with van der Waals surface area (Å²) in [5.74, 6) is 1.41. The molecule has 0 aromatic heterocycles. The molecule has 0 N–H and O–H groups in total. The molecular formula is C18H26N2O. The standard InChI is InChI=1S/C18H26N2O/c1-13(2)17-12-20(10-6-9-19)15-11-14(18(3,4)5)7-8-16(15)21-17/h7-8,11,13,17H,6,10,12H2,1-5H3. The number of anilines is 1. The van der Waals surface area contributed by atoms with Crippen molar-refractivity contribution in [3.05, 3.63) is 23.8 Å².